The molecule has 0 bridgehead atoms. The van der Waals surface area contributed by atoms with Crippen molar-refractivity contribution in [3.8, 4) is 5.82 Å². The summed E-state index contributed by atoms with van der Waals surface area (Å²) in [7, 11) is -0.333. The molecule has 10 heteroatoms. The predicted octanol–water partition coefficient (Wildman–Crippen LogP) is 3.09. The molecule has 1 fully saturated rings. The van der Waals surface area contributed by atoms with Gasteiger partial charge in [-0.2, -0.15) is 10.2 Å². The Hall–Kier alpha value is -3.24. The van der Waals surface area contributed by atoms with Gasteiger partial charge < -0.3 is 4.74 Å². The van der Waals surface area contributed by atoms with E-state index in [1.165, 1.54) is 22.6 Å². The summed E-state index contributed by atoms with van der Waals surface area (Å²) in [6, 6.07) is 9.37. The lowest BCUT2D eigenvalue weighted by molar-refractivity contribution is 0.0979. The van der Waals surface area contributed by atoms with Crippen LogP contribution in [0.2, 0.25) is 0 Å². The van der Waals surface area contributed by atoms with Crippen molar-refractivity contribution in [1.29, 1.82) is 0 Å². The number of pyridine rings is 1. The van der Waals surface area contributed by atoms with Crippen molar-refractivity contribution in [2.24, 2.45) is 13.0 Å². The fourth-order valence-corrected chi connectivity index (χ4v) is 5.28. The molecule has 0 atom stereocenters. The van der Waals surface area contributed by atoms with Crippen molar-refractivity contribution in [3.05, 3.63) is 60.7 Å². The number of hydrogen-bond donors (Lipinski definition) is 1. The highest BCUT2D eigenvalue weighted by molar-refractivity contribution is 7.92. The topological polar surface area (TPSA) is 104 Å². The summed E-state index contributed by atoms with van der Waals surface area (Å²) in [6.07, 6.45) is 8.41. The smallest absolute Gasteiger partial charge is 0.265 e. The van der Waals surface area contributed by atoms with E-state index in [2.05, 4.69) is 19.9 Å². The van der Waals surface area contributed by atoms with E-state index < -0.39 is 10.0 Å². The largest absolute Gasteiger partial charge is 0.384 e. The maximum absolute atomic E-state index is 13.0. The zero-order valence-corrected chi connectivity index (χ0v) is 18.7. The van der Waals surface area contributed by atoms with Crippen LogP contribution in [0, 0.1) is 5.92 Å². The predicted molar refractivity (Wildman–Crippen MR) is 120 cm³/mol. The maximum Gasteiger partial charge on any atom is 0.265 e. The molecule has 1 saturated carbocycles. The third-order valence-corrected chi connectivity index (χ3v) is 7.31. The van der Waals surface area contributed by atoms with E-state index in [0.717, 1.165) is 24.8 Å². The van der Waals surface area contributed by atoms with Crippen LogP contribution < -0.4 is 4.72 Å². The van der Waals surface area contributed by atoms with Gasteiger partial charge in [-0.15, -0.1) is 0 Å². The molecule has 3 aromatic heterocycles. The van der Waals surface area contributed by atoms with Gasteiger partial charge in [0.1, 0.15) is 4.90 Å². The molecule has 32 heavy (non-hydrogen) atoms. The van der Waals surface area contributed by atoms with Gasteiger partial charge in [0.05, 0.1) is 29.8 Å². The Morgan fingerprint density at radius 3 is 2.84 bits per heavy atom. The van der Waals surface area contributed by atoms with E-state index >= 15 is 0 Å². The van der Waals surface area contributed by atoms with Crippen LogP contribution >= 0.6 is 0 Å². The zero-order valence-electron chi connectivity index (χ0n) is 17.8. The summed E-state index contributed by atoms with van der Waals surface area (Å²) in [5.74, 6) is 1.66. The van der Waals surface area contributed by atoms with Gasteiger partial charge in [-0.05, 0) is 48.4 Å². The van der Waals surface area contributed by atoms with Gasteiger partial charge in [0.15, 0.2) is 5.82 Å². The fourth-order valence-electron chi connectivity index (χ4n) is 4.28. The van der Waals surface area contributed by atoms with Crippen LogP contribution in [0.25, 0.3) is 16.7 Å². The SMILES string of the molecule is COCC1CC(c2ccnc(-n3cc(S(=O)(=O)Nc4cccc5cnn(C)c45)cn3)c2)C1. The lowest BCUT2D eigenvalue weighted by Crippen LogP contribution is -2.25. The minimum atomic E-state index is -3.84. The van der Waals surface area contributed by atoms with Gasteiger partial charge in [0, 0.05) is 32.3 Å². The summed E-state index contributed by atoms with van der Waals surface area (Å²) in [5.41, 5.74) is 2.36. The highest BCUT2D eigenvalue weighted by Gasteiger charge is 2.30. The molecule has 0 amide bonds. The summed E-state index contributed by atoms with van der Waals surface area (Å²) in [5, 5.41) is 9.31. The Balaban J connectivity index is 1.38. The molecule has 3 heterocycles. The number of sulfonamides is 1. The molecule has 1 aliphatic carbocycles. The number of nitrogens with one attached hydrogen (secondary N) is 1. The van der Waals surface area contributed by atoms with Gasteiger partial charge in [0.2, 0.25) is 0 Å². The average Bonchev–Trinajstić information content (AvgIpc) is 3.39. The molecule has 1 aliphatic rings. The van der Waals surface area contributed by atoms with Crippen molar-refractivity contribution in [2.75, 3.05) is 18.4 Å². The lowest BCUT2D eigenvalue weighted by atomic mass is 9.72. The number of ether oxygens (including phenoxy) is 1. The average molecular weight is 453 g/mol. The third kappa shape index (κ3) is 3.76. The first-order chi connectivity index (χ1) is 15.4. The number of rotatable bonds is 7. The summed E-state index contributed by atoms with van der Waals surface area (Å²) in [6.45, 7) is 0.786. The summed E-state index contributed by atoms with van der Waals surface area (Å²) in [4.78, 5) is 4.44. The van der Waals surface area contributed by atoms with Crippen molar-refractivity contribution in [3.63, 3.8) is 0 Å². The van der Waals surface area contributed by atoms with E-state index in [1.807, 2.05) is 18.2 Å². The number of aromatic nitrogens is 5. The number of methoxy groups -OCH3 is 1. The van der Waals surface area contributed by atoms with Gasteiger partial charge in [-0.25, -0.2) is 18.1 Å². The van der Waals surface area contributed by atoms with Crippen LogP contribution in [0.15, 0.2) is 60.0 Å². The van der Waals surface area contributed by atoms with Gasteiger partial charge in [-0.1, -0.05) is 12.1 Å². The number of fused-ring (bicyclic) bond motifs is 1. The summed E-state index contributed by atoms with van der Waals surface area (Å²) < 4.78 is 37.1. The van der Waals surface area contributed by atoms with Crippen molar-refractivity contribution in [2.45, 2.75) is 23.7 Å². The highest BCUT2D eigenvalue weighted by Crippen LogP contribution is 2.41. The van der Waals surface area contributed by atoms with E-state index in [4.69, 9.17) is 4.74 Å². The van der Waals surface area contributed by atoms with Crippen molar-refractivity contribution < 1.29 is 13.2 Å². The van der Waals surface area contributed by atoms with Crippen molar-refractivity contribution >= 4 is 26.6 Å². The van der Waals surface area contributed by atoms with Crippen LogP contribution in [-0.2, 0) is 21.8 Å². The number of nitrogens with zero attached hydrogens (tertiary/aromatic N) is 5. The second-order valence-electron chi connectivity index (χ2n) is 8.17. The molecule has 5 rings (SSSR count). The van der Waals surface area contributed by atoms with E-state index in [-0.39, 0.29) is 4.90 Å². The molecular weight excluding hydrogens is 428 g/mol. The first-order valence-corrected chi connectivity index (χ1v) is 11.9. The quantitative estimate of drug-likeness (QED) is 0.462. The number of aryl methyl sites for hydroxylation is 1. The highest BCUT2D eigenvalue weighted by atomic mass is 32.2. The molecule has 9 nitrogen and oxygen atoms in total. The first kappa shape index (κ1) is 20.7. The van der Waals surface area contributed by atoms with Crippen LogP contribution in [0.4, 0.5) is 5.69 Å². The van der Waals surface area contributed by atoms with Gasteiger partial charge in [-0.3, -0.25) is 9.40 Å². The molecule has 0 unspecified atom stereocenters. The number of benzene rings is 1. The molecule has 0 radical (unpaired) electrons. The van der Waals surface area contributed by atoms with Crippen molar-refractivity contribution in [1.82, 2.24) is 24.5 Å². The number of hydrogen-bond acceptors (Lipinski definition) is 6. The Bertz CT molecular complexity index is 1370. The minimum absolute atomic E-state index is 0.0627. The molecule has 1 N–H and O–H groups in total. The molecule has 0 spiro atoms. The second-order valence-corrected chi connectivity index (χ2v) is 9.86. The van der Waals surface area contributed by atoms with E-state index in [1.54, 1.807) is 43.4 Å². The Labute approximate surface area is 186 Å². The van der Waals surface area contributed by atoms with Gasteiger partial charge in [0.25, 0.3) is 10.0 Å². The third-order valence-electron chi connectivity index (χ3n) is 5.99. The van der Waals surface area contributed by atoms with Gasteiger partial charge >= 0.3 is 0 Å². The zero-order chi connectivity index (χ0) is 22.3. The summed E-state index contributed by atoms with van der Waals surface area (Å²) >= 11 is 0. The lowest BCUT2D eigenvalue weighted by Gasteiger charge is -2.35. The van der Waals surface area contributed by atoms with Crippen LogP contribution in [0.3, 0.4) is 0 Å². The second kappa shape index (κ2) is 8.03. The Kier molecular flexibility index (Phi) is 5.18. The monoisotopic (exact) mass is 452 g/mol. The standard InChI is InChI=1S/C22H24N6O3S/c1-27-22-17(11-24-27)4-3-5-20(22)26-32(29,30)19-12-25-28(13-19)21-10-16(6-7-23-21)18-8-15(9-18)14-31-2/h3-7,10-13,15,18,26H,8-9,14H2,1-2H3. The molecule has 0 saturated heterocycles. The maximum atomic E-state index is 13.0. The van der Waals surface area contributed by atoms with Crippen LogP contribution in [0.5, 0.6) is 0 Å². The number of anilines is 1. The minimum Gasteiger partial charge on any atom is -0.384 e. The molecule has 4 aromatic rings. The Morgan fingerprint density at radius 1 is 1.19 bits per heavy atom. The molecule has 1 aromatic carbocycles. The fraction of sp³-hybridized carbons (Fsp3) is 0.318. The Morgan fingerprint density at radius 2 is 2.03 bits per heavy atom. The van der Waals surface area contributed by atoms with E-state index in [9.17, 15) is 8.42 Å². The normalized spacial score (nSPS) is 18.6. The molecule has 166 valence electrons. The number of para-hydroxylation sites is 1. The van der Waals surface area contributed by atoms with Crippen LogP contribution in [-0.4, -0.2) is 46.7 Å². The van der Waals surface area contributed by atoms with E-state index in [0.29, 0.717) is 28.9 Å². The van der Waals surface area contributed by atoms with Crippen LogP contribution in [0.1, 0.15) is 24.3 Å². The first-order valence-electron chi connectivity index (χ1n) is 10.4. The molecule has 0 aliphatic heterocycles. The molecular formula is C22H24N6O3S.